The lowest BCUT2D eigenvalue weighted by Crippen LogP contribution is -2.56. The van der Waals surface area contributed by atoms with Crippen molar-refractivity contribution >= 4 is 35.9 Å². The predicted molar refractivity (Wildman–Crippen MR) is 318 cm³/mol. The number of nitrogens with zero attached hydrogens (tertiary/aromatic N) is 3. The first kappa shape index (κ1) is 70.4. The third-order valence-electron chi connectivity index (χ3n) is 15.2. The topological polar surface area (TPSA) is 214 Å². The van der Waals surface area contributed by atoms with E-state index < -0.39 is 45.5 Å². The lowest BCUT2D eigenvalue weighted by atomic mass is 9.97. The summed E-state index contributed by atoms with van der Waals surface area (Å²) in [6.07, 6.45) is 5.63. The summed E-state index contributed by atoms with van der Waals surface area (Å²) in [5.41, 5.74) is 5.02. The maximum atomic E-state index is 12.9. The number of hydrogen-bond donors (Lipinski definition) is 5. The molecular formula is C64H90F4N8O9. The van der Waals surface area contributed by atoms with E-state index in [0.29, 0.717) is 45.6 Å². The van der Waals surface area contributed by atoms with Gasteiger partial charge in [-0.15, -0.1) is 0 Å². The van der Waals surface area contributed by atoms with Crippen molar-refractivity contribution in [3.8, 4) is 0 Å². The Kier molecular flexibility index (Phi) is 25.9. The minimum Gasteiger partial charge on any atom is -0.467 e. The number of methoxy groups -OCH3 is 1. The first-order chi connectivity index (χ1) is 39.8. The summed E-state index contributed by atoms with van der Waals surface area (Å²) in [6, 6.07) is 24.5. The molecule has 4 aliphatic heterocycles. The molecule has 4 saturated heterocycles. The molecule has 4 aliphatic rings. The Bertz CT molecular complexity index is 2810. The van der Waals surface area contributed by atoms with Crippen molar-refractivity contribution in [3.05, 3.63) is 143 Å². The van der Waals surface area contributed by atoms with E-state index in [4.69, 9.17) is 19.9 Å². The Morgan fingerprint density at radius 2 is 0.847 bits per heavy atom. The number of nitrogens with two attached hydrogens (primary N) is 1. The first-order valence-electron chi connectivity index (χ1n) is 28.9. The number of likely N-dealkylation sites (N-methyl/N-ethyl adjacent to an activating group) is 1. The molecule has 4 unspecified atom stereocenters. The summed E-state index contributed by atoms with van der Waals surface area (Å²) in [5.74, 6) is -1.60. The second-order valence-corrected chi connectivity index (χ2v) is 24.4. The number of nitrogens with one attached hydrogen (secondary N) is 4. The van der Waals surface area contributed by atoms with Crippen LogP contribution in [0.4, 0.5) is 27.2 Å². The summed E-state index contributed by atoms with van der Waals surface area (Å²) in [6.45, 7) is 22.7. The van der Waals surface area contributed by atoms with E-state index in [0.717, 1.165) is 73.9 Å². The number of benzene rings is 4. The maximum Gasteiger partial charge on any atom is 0.411 e. The van der Waals surface area contributed by atoms with Crippen molar-refractivity contribution < 1.29 is 60.5 Å². The zero-order chi connectivity index (χ0) is 63.4. The molecule has 85 heavy (non-hydrogen) atoms. The summed E-state index contributed by atoms with van der Waals surface area (Å²) in [5, 5.41) is 11.8. The van der Waals surface area contributed by atoms with Crippen molar-refractivity contribution in [1.82, 2.24) is 36.0 Å². The first-order valence-corrected chi connectivity index (χ1v) is 28.9. The number of carbonyl (C=O) groups excluding carboxylic acids is 6. The standard InChI is InChI=1S/C18H25FN2O3.C14H19FN2O.C13H17FN2O.C12H21NO4.C7H8FN/c1-17(2,3)24-16(23)21-11-5-10-18(21,4)15(22)20-12-13-6-8-14(19)9-7-13;1-14(8-3-9-17(14)2)13(18)16-10-11-4-6-12(15)7-5-11;1-13(7-2-8-16-13)12(17)15-9-10-3-5-11(14)6-4-10;1-11(2,3)17-10(15)13-8-6-7-12(13,4)9(14)16-5;8-7-3-1-6(5-9)2-4-7/h6-9H,5,10-12H2,1-4H3,(H,20,22);4-7H,3,8-10H2,1-2H3,(H,16,18);3-6,16H,2,7-9H2,1H3,(H,15,17);6-8H2,1-5H3;1-4H,5,9H2. The number of carbonyl (C=O) groups is 6. The molecule has 0 spiro atoms. The number of ether oxygens (including phenoxy) is 3. The van der Waals surface area contributed by atoms with Crippen LogP contribution in [-0.2, 0) is 59.6 Å². The molecule has 6 N–H and O–H groups in total. The number of hydrogen-bond acceptors (Lipinski definition) is 12. The van der Waals surface area contributed by atoms with Gasteiger partial charge in [0.05, 0.1) is 18.2 Å². The fraction of sp³-hybridized carbons (Fsp3) is 0.531. The van der Waals surface area contributed by atoms with E-state index in [-0.39, 0.29) is 53.5 Å². The highest BCUT2D eigenvalue weighted by atomic mass is 19.1. The highest BCUT2D eigenvalue weighted by Crippen LogP contribution is 2.33. The molecule has 0 bridgehead atoms. The summed E-state index contributed by atoms with van der Waals surface area (Å²) < 4.78 is 66.0. The Morgan fingerprint density at radius 3 is 1.19 bits per heavy atom. The number of likely N-dealkylation sites (tertiary alicyclic amines) is 3. The number of amides is 5. The Morgan fingerprint density at radius 1 is 0.506 bits per heavy atom. The lowest BCUT2D eigenvalue weighted by Gasteiger charge is -2.35. The van der Waals surface area contributed by atoms with Crippen LogP contribution in [0.3, 0.4) is 0 Å². The zero-order valence-electron chi connectivity index (χ0n) is 51.7. The SMILES string of the molecule is CC(C)(C)OC(=O)N1CCCC1(C)C(=O)NCc1ccc(F)cc1.CC1(C(=O)NCc2ccc(F)cc2)CCCN1.CN1CCCC1(C)C(=O)NCc1ccc(F)cc1.COC(=O)C1(C)CCCN1C(=O)OC(C)(C)C.NCc1ccc(F)cc1. The van der Waals surface area contributed by atoms with Gasteiger partial charge in [-0.25, -0.2) is 31.9 Å². The highest BCUT2D eigenvalue weighted by Gasteiger charge is 2.49. The van der Waals surface area contributed by atoms with Crippen LogP contribution in [0, 0.1) is 23.3 Å². The molecule has 21 heteroatoms. The zero-order valence-corrected chi connectivity index (χ0v) is 51.7. The second kappa shape index (κ2) is 31.3. The van der Waals surface area contributed by atoms with Crippen LogP contribution < -0.4 is 27.0 Å². The minimum absolute atomic E-state index is 0.0133. The van der Waals surface area contributed by atoms with E-state index >= 15 is 0 Å². The lowest BCUT2D eigenvalue weighted by molar-refractivity contribution is -0.152. The van der Waals surface area contributed by atoms with E-state index in [1.165, 1.54) is 65.4 Å². The average molecular weight is 1190 g/mol. The van der Waals surface area contributed by atoms with Crippen molar-refractivity contribution in [2.75, 3.05) is 40.3 Å². The summed E-state index contributed by atoms with van der Waals surface area (Å²) >= 11 is 0. The monoisotopic (exact) mass is 1190 g/mol. The molecule has 8 rings (SSSR count). The summed E-state index contributed by atoms with van der Waals surface area (Å²) in [7, 11) is 3.31. The maximum absolute atomic E-state index is 12.9. The smallest absolute Gasteiger partial charge is 0.411 e. The van der Waals surface area contributed by atoms with E-state index in [2.05, 4.69) is 26.2 Å². The van der Waals surface area contributed by atoms with Crippen LogP contribution in [0.15, 0.2) is 97.1 Å². The van der Waals surface area contributed by atoms with Gasteiger partial charge in [-0.3, -0.25) is 29.1 Å². The minimum atomic E-state index is -0.928. The van der Waals surface area contributed by atoms with Gasteiger partial charge in [0.1, 0.15) is 45.5 Å². The van der Waals surface area contributed by atoms with Gasteiger partial charge in [-0.05, 0) is 212 Å². The normalized spacial score (nSPS) is 21.7. The van der Waals surface area contributed by atoms with Crippen LogP contribution in [0.2, 0.25) is 0 Å². The Labute approximate surface area is 499 Å². The molecule has 4 aromatic rings. The van der Waals surface area contributed by atoms with Gasteiger partial charge in [0.25, 0.3) is 0 Å². The third-order valence-corrected chi connectivity index (χ3v) is 15.2. The predicted octanol–water partition coefficient (Wildman–Crippen LogP) is 9.98. The fourth-order valence-electron chi connectivity index (χ4n) is 9.84. The van der Waals surface area contributed by atoms with Gasteiger partial charge in [0.2, 0.25) is 17.7 Å². The summed E-state index contributed by atoms with van der Waals surface area (Å²) in [4.78, 5) is 78.0. The van der Waals surface area contributed by atoms with E-state index in [9.17, 15) is 46.3 Å². The molecule has 0 aromatic heterocycles. The molecule has 4 atom stereocenters. The number of esters is 1. The van der Waals surface area contributed by atoms with Crippen LogP contribution in [0.5, 0.6) is 0 Å². The van der Waals surface area contributed by atoms with Gasteiger partial charge in [0, 0.05) is 39.3 Å². The molecule has 468 valence electrons. The molecule has 0 radical (unpaired) electrons. The van der Waals surface area contributed by atoms with Gasteiger partial charge < -0.3 is 41.2 Å². The van der Waals surface area contributed by atoms with Crippen molar-refractivity contribution in [3.63, 3.8) is 0 Å². The van der Waals surface area contributed by atoms with E-state index in [1.54, 1.807) is 104 Å². The van der Waals surface area contributed by atoms with Crippen LogP contribution in [-0.4, -0.2) is 124 Å². The Balaban J connectivity index is 0.000000233. The molecule has 0 aliphatic carbocycles. The molecule has 0 saturated carbocycles. The van der Waals surface area contributed by atoms with Crippen LogP contribution in [0.1, 0.15) is 143 Å². The third kappa shape index (κ3) is 21.4. The number of rotatable bonds is 11. The molecule has 17 nitrogen and oxygen atoms in total. The molecular weight excluding hydrogens is 1100 g/mol. The Hall–Kier alpha value is -7.10. The molecule has 4 fully saturated rings. The van der Waals surface area contributed by atoms with Gasteiger partial charge in [-0.1, -0.05) is 48.5 Å². The number of halogens is 4. The highest BCUT2D eigenvalue weighted by molar-refractivity contribution is 5.90. The van der Waals surface area contributed by atoms with Crippen LogP contribution >= 0.6 is 0 Å². The van der Waals surface area contributed by atoms with Crippen molar-refractivity contribution in [2.45, 2.75) is 180 Å². The molecule has 4 aromatic carbocycles. The van der Waals surface area contributed by atoms with Crippen molar-refractivity contribution in [2.24, 2.45) is 5.73 Å². The van der Waals surface area contributed by atoms with Gasteiger partial charge in [0.15, 0.2) is 0 Å². The quantitative estimate of drug-likeness (QED) is 0.0539. The molecule has 5 amide bonds. The van der Waals surface area contributed by atoms with Crippen LogP contribution in [0.25, 0.3) is 0 Å². The van der Waals surface area contributed by atoms with Crippen molar-refractivity contribution in [1.29, 1.82) is 0 Å². The van der Waals surface area contributed by atoms with Gasteiger partial charge in [-0.2, -0.15) is 0 Å². The average Bonchev–Trinajstić information content (AvgIpc) is 2.78. The fourth-order valence-corrected chi connectivity index (χ4v) is 9.84. The molecule has 4 heterocycles. The van der Waals surface area contributed by atoms with Gasteiger partial charge >= 0.3 is 18.2 Å². The van der Waals surface area contributed by atoms with E-state index in [1.807, 2.05) is 20.9 Å². The largest absolute Gasteiger partial charge is 0.467 e. The second-order valence-electron chi connectivity index (χ2n) is 24.4.